The van der Waals surface area contributed by atoms with E-state index in [1.54, 1.807) is 12.3 Å². The fourth-order valence-electron chi connectivity index (χ4n) is 2.77. The lowest BCUT2D eigenvalue weighted by atomic mass is 10.2. The number of likely N-dealkylation sites (N-methyl/N-ethyl adjacent to an activating group) is 1. The first-order chi connectivity index (χ1) is 9.21. The number of hydrogen-bond donors (Lipinski definition) is 0. The lowest BCUT2D eigenvalue weighted by molar-refractivity contribution is 0.232. The van der Waals surface area contributed by atoms with Crippen LogP contribution in [0.25, 0.3) is 0 Å². The number of halogens is 2. The Kier molecular flexibility index (Phi) is 4.99. The van der Waals surface area contributed by atoms with Crippen LogP contribution in [-0.4, -0.2) is 42.1 Å². The topological polar surface area (TPSA) is 19.4 Å². The van der Waals surface area contributed by atoms with Gasteiger partial charge in [0.05, 0.1) is 5.88 Å². The van der Waals surface area contributed by atoms with Crippen LogP contribution >= 0.6 is 11.6 Å². The number of hydrogen-bond acceptors (Lipinski definition) is 3. The van der Waals surface area contributed by atoms with Gasteiger partial charge in [0.25, 0.3) is 0 Å². The summed E-state index contributed by atoms with van der Waals surface area (Å²) in [6, 6.07) is 2.14. The van der Waals surface area contributed by atoms with Gasteiger partial charge >= 0.3 is 0 Å². The summed E-state index contributed by atoms with van der Waals surface area (Å²) in [5.41, 5.74) is 0.526. The van der Waals surface area contributed by atoms with Crippen LogP contribution in [0.4, 0.5) is 10.2 Å². The minimum atomic E-state index is -0.266. The predicted molar refractivity (Wildman–Crippen MR) is 77.3 cm³/mol. The molecule has 0 saturated carbocycles. The molecular weight excluding hydrogens is 265 g/mol. The Morgan fingerprint density at radius 2 is 2.21 bits per heavy atom. The van der Waals surface area contributed by atoms with Crippen molar-refractivity contribution in [3.8, 4) is 0 Å². The largest absolute Gasteiger partial charge is 0.353 e. The maximum absolute atomic E-state index is 14.2. The third-order valence-corrected chi connectivity index (χ3v) is 4.17. The minimum Gasteiger partial charge on any atom is -0.353 e. The van der Waals surface area contributed by atoms with E-state index in [9.17, 15) is 4.39 Å². The summed E-state index contributed by atoms with van der Waals surface area (Å²) in [5, 5.41) is 0. The molecule has 1 unspecified atom stereocenters. The normalized spacial score (nSPS) is 19.4. The Morgan fingerprint density at radius 1 is 1.47 bits per heavy atom. The standard InChI is InChI=1S/C14H21ClFN3/c1-3-18(4-2)12-6-8-19(10-12)14-13(16)11(9-15)5-7-17-14/h5,7,12H,3-4,6,8-10H2,1-2H3. The van der Waals surface area contributed by atoms with Crippen LogP contribution in [0.1, 0.15) is 25.8 Å². The molecule has 0 amide bonds. The first-order valence-corrected chi connectivity index (χ1v) is 7.43. The molecule has 1 atom stereocenters. The molecule has 1 aromatic heterocycles. The predicted octanol–water partition coefficient (Wildman–Crippen LogP) is 2.88. The summed E-state index contributed by atoms with van der Waals surface area (Å²) in [6.45, 7) is 8.10. The maximum Gasteiger partial charge on any atom is 0.170 e. The molecule has 0 aliphatic carbocycles. The molecule has 1 fully saturated rings. The van der Waals surface area contributed by atoms with Crippen molar-refractivity contribution in [2.24, 2.45) is 0 Å². The summed E-state index contributed by atoms with van der Waals surface area (Å²) in [7, 11) is 0. The first-order valence-electron chi connectivity index (χ1n) is 6.89. The van der Waals surface area contributed by atoms with Crippen LogP contribution in [-0.2, 0) is 5.88 Å². The van der Waals surface area contributed by atoms with Crippen LogP contribution in [0, 0.1) is 5.82 Å². The van der Waals surface area contributed by atoms with Crippen molar-refractivity contribution in [2.75, 3.05) is 31.1 Å². The van der Waals surface area contributed by atoms with E-state index in [2.05, 4.69) is 23.7 Å². The van der Waals surface area contributed by atoms with Gasteiger partial charge in [-0.2, -0.15) is 0 Å². The fourth-order valence-corrected chi connectivity index (χ4v) is 2.97. The summed E-state index contributed by atoms with van der Waals surface area (Å²) < 4.78 is 14.2. The lowest BCUT2D eigenvalue weighted by Gasteiger charge is -2.26. The van der Waals surface area contributed by atoms with Gasteiger partial charge in [-0.15, -0.1) is 11.6 Å². The molecule has 1 aliphatic rings. The molecule has 3 nitrogen and oxygen atoms in total. The van der Waals surface area contributed by atoms with Crippen LogP contribution < -0.4 is 4.90 Å². The van der Waals surface area contributed by atoms with E-state index in [1.165, 1.54) is 0 Å². The molecule has 0 spiro atoms. The van der Waals surface area contributed by atoms with E-state index < -0.39 is 0 Å². The van der Waals surface area contributed by atoms with Crippen molar-refractivity contribution in [3.63, 3.8) is 0 Å². The average Bonchev–Trinajstić information content (AvgIpc) is 2.90. The van der Waals surface area contributed by atoms with Gasteiger partial charge in [0, 0.05) is 30.9 Å². The highest BCUT2D eigenvalue weighted by Gasteiger charge is 2.28. The third kappa shape index (κ3) is 3.00. The molecule has 2 rings (SSSR count). The fraction of sp³-hybridized carbons (Fsp3) is 0.643. The quantitative estimate of drug-likeness (QED) is 0.776. The highest BCUT2D eigenvalue weighted by Crippen LogP contribution is 2.25. The zero-order valence-corrected chi connectivity index (χ0v) is 12.3. The monoisotopic (exact) mass is 285 g/mol. The van der Waals surface area contributed by atoms with Gasteiger partial charge in [-0.25, -0.2) is 9.37 Å². The van der Waals surface area contributed by atoms with Crippen LogP contribution in [0.15, 0.2) is 12.3 Å². The van der Waals surface area contributed by atoms with Gasteiger partial charge in [0.2, 0.25) is 0 Å². The highest BCUT2D eigenvalue weighted by atomic mass is 35.5. The Bertz CT molecular complexity index is 423. The molecule has 0 bridgehead atoms. The molecule has 0 radical (unpaired) electrons. The number of alkyl halides is 1. The number of aromatic nitrogens is 1. The maximum atomic E-state index is 14.2. The van der Waals surface area contributed by atoms with E-state index in [1.807, 2.05) is 4.90 Å². The summed E-state index contributed by atoms with van der Waals surface area (Å²) in [6.07, 6.45) is 2.70. The van der Waals surface area contributed by atoms with Crippen LogP contribution in [0.2, 0.25) is 0 Å². The van der Waals surface area contributed by atoms with Gasteiger partial charge in [0.1, 0.15) is 0 Å². The molecule has 0 N–H and O–H groups in total. The molecular formula is C14H21ClFN3. The third-order valence-electron chi connectivity index (χ3n) is 3.89. The molecule has 1 saturated heterocycles. The second-order valence-corrected chi connectivity index (χ2v) is 5.12. The second kappa shape index (κ2) is 6.53. The average molecular weight is 286 g/mol. The van der Waals surface area contributed by atoms with E-state index in [-0.39, 0.29) is 11.7 Å². The van der Waals surface area contributed by atoms with Gasteiger partial charge in [-0.1, -0.05) is 13.8 Å². The molecule has 5 heteroatoms. The van der Waals surface area contributed by atoms with E-state index >= 15 is 0 Å². The number of anilines is 1. The van der Waals surface area contributed by atoms with Gasteiger partial charge in [-0.05, 0) is 25.6 Å². The van der Waals surface area contributed by atoms with E-state index in [4.69, 9.17) is 11.6 Å². The Hall–Kier alpha value is -0.870. The zero-order chi connectivity index (χ0) is 13.8. The minimum absolute atomic E-state index is 0.189. The molecule has 2 heterocycles. The molecule has 0 aromatic carbocycles. The number of rotatable bonds is 5. The van der Waals surface area contributed by atoms with Gasteiger partial charge < -0.3 is 4.90 Å². The summed E-state index contributed by atoms with van der Waals surface area (Å²) in [4.78, 5) is 8.64. The lowest BCUT2D eigenvalue weighted by Crippen LogP contribution is -2.37. The summed E-state index contributed by atoms with van der Waals surface area (Å²) in [5.74, 6) is 0.375. The molecule has 19 heavy (non-hydrogen) atoms. The first kappa shape index (κ1) is 14.5. The van der Waals surface area contributed by atoms with Crippen molar-refractivity contribution in [1.29, 1.82) is 0 Å². The Morgan fingerprint density at radius 3 is 2.84 bits per heavy atom. The van der Waals surface area contributed by atoms with Crippen molar-refractivity contribution in [3.05, 3.63) is 23.6 Å². The SMILES string of the molecule is CCN(CC)C1CCN(c2nccc(CCl)c2F)C1. The van der Waals surface area contributed by atoms with Crippen LogP contribution in [0.3, 0.4) is 0 Å². The molecule has 1 aromatic rings. The van der Waals surface area contributed by atoms with Crippen molar-refractivity contribution in [1.82, 2.24) is 9.88 Å². The number of pyridine rings is 1. The zero-order valence-electron chi connectivity index (χ0n) is 11.6. The Balaban J connectivity index is 2.13. The van der Waals surface area contributed by atoms with E-state index in [0.717, 1.165) is 32.6 Å². The smallest absolute Gasteiger partial charge is 0.170 e. The van der Waals surface area contributed by atoms with Crippen molar-refractivity contribution in [2.45, 2.75) is 32.2 Å². The van der Waals surface area contributed by atoms with Crippen LogP contribution in [0.5, 0.6) is 0 Å². The second-order valence-electron chi connectivity index (χ2n) is 4.85. The summed E-state index contributed by atoms with van der Waals surface area (Å²) >= 11 is 5.74. The highest BCUT2D eigenvalue weighted by molar-refractivity contribution is 6.17. The molecule has 1 aliphatic heterocycles. The van der Waals surface area contributed by atoms with Crippen molar-refractivity contribution < 1.29 is 4.39 Å². The van der Waals surface area contributed by atoms with Gasteiger partial charge in [-0.3, -0.25) is 4.90 Å². The number of nitrogens with zero attached hydrogens (tertiary/aromatic N) is 3. The molecule has 106 valence electrons. The van der Waals surface area contributed by atoms with E-state index in [0.29, 0.717) is 17.4 Å². The van der Waals surface area contributed by atoms with Gasteiger partial charge in [0.15, 0.2) is 11.6 Å². The van der Waals surface area contributed by atoms with Crippen molar-refractivity contribution >= 4 is 17.4 Å². The Labute approximate surface area is 119 Å².